The molecule has 0 aromatic heterocycles. The predicted molar refractivity (Wildman–Crippen MR) is 71.8 cm³/mol. The molecule has 0 aromatic carbocycles. The number of hydrogen-bond acceptors (Lipinski definition) is 3. The third-order valence-electron chi connectivity index (χ3n) is 2.88. The summed E-state index contributed by atoms with van der Waals surface area (Å²) in [6.07, 6.45) is 7.66. The van der Waals surface area contributed by atoms with Crippen LogP contribution in [0.3, 0.4) is 0 Å². The van der Waals surface area contributed by atoms with E-state index in [0.29, 0.717) is 6.61 Å². The van der Waals surface area contributed by atoms with E-state index in [1.54, 1.807) is 0 Å². The molecular weight excluding hydrogens is 214 g/mol. The Kier molecular flexibility index (Phi) is 10.2. The van der Waals surface area contributed by atoms with E-state index < -0.39 is 0 Å². The minimum atomic E-state index is -0.0681. The maximum absolute atomic E-state index is 11.9. The highest BCUT2D eigenvalue weighted by Crippen LogP contribution is 2.18. The van der Waals surface area contributed by atoms with Gasteiger partial charge in [-0.3, -0.25) is 4.79 Å². The molecule has 0 heterocycles. The van der Waals surface area contributed by atoms with Gasteiger partial charge in [-0.05, 0) is 19.8 Å². The fourth-order valence-corrected chi connectivity index (χ4v) is 1.80. The smallest absolute Gasteiger partial charge is 0.308 e. The molecule has 0 radical (unpaired) electrons. The van der Waals surface area contributed by atoms with Gasteiger partial charge in [0.05, 0.1) is 5.92 Å². The average molecular weight is 243 g/mol. The molecule has 17 heavy (non-hydrogen) atoms. The number of nitrogens with two attached hydrogens (primary N) is 1. The normalized spacial score (nSPS) is 14.4. The second-order valence-electron chi connectivity index (χ2n) is 4.94. The zero-order chi connectivity index (χ0) is 13.1. The van der Waals surface area contributed by atoms with Crippen LogP contribution in [0.1, 0.15) is 65.7 Å². The van der Waals surface area contributed by atoms with Gasteiger partial charge in [0.25, 0.3) is 0 Å². The van der Waals surface area contributed by atoms with Crippen LogP contribution in [0.4, 0.5) is 0 Å². The first-order chi connectivity index (χ1) is 8.11. The molecule has 0 saturated heterocycles. The highest BCUT2D eigenvalue weighted by atomic mass is 16.5. The summed E-state index contributed by atoms with van der Waals surface area (Å²) in [5, 5.41) is 0. The van der Waals surface area contributed by atoms with E-state index >= 15 is 0 Å². The zero-order valence-corrected chi connectivity index (χ0v) is 11.7. The number of rotatable bonds is 10. The molecule has 0 spiro atoms. The Morgan fingerprint density at radius 2 is 1.71 bits per heavy atom. The van der Waals surface area contributed by atoms with Crippen LogP contribution in [0.5, 0.6) is 0 Å². The molecule has 3 nitrogen and oxygen atoms in total. The maximum Gasteiger partial charge on any atom is 0.308 e. The monoisotopic (exact) mass is 243 g/mol. The molecule has 102 valence electrons. The van der Waals surface area contributed by atoms with Crippen molar-refractivity contribution < 1.29 is 9.53 Å². The molecule has 0 aliphatic heterocycles. The molecule has 3 heteroatoms. The van der Waals surface area contributed by atoms with Crippen molar-refractivity contribution in [2.45, 2.75) is 71.8 Å². The zero-order valence-electron chi connectivity index (χ0n) is 11.7. The first-order valence-corrected chi connectivity index (χ1v) is 7.04. The lowest BCUT2D eigenvalue weighted by Gasteiger charge is -2.16. The molecular formula is C14H29NO2. The molecule has 0 aliphatic rings. The Labute approximate surface area is 106 Å². The summed E-state index contributed by atoms with van der Waals surface area (Å²) in [5.74, 6) is 0.0344. The molecule has 2 atom stereocenters. The summed E-state index contributed by atoms with van der Waals surface area (Å²) in [6, 6.07) is -0.0681. The lowest BCUT2D eigenvalue weighted by molar-refractivity contribution is -0.149. The van der Waals surface area contributed by atoms with Crippen LogP contribution in [0, 0.1) is 5.92 Å². The van der Waals surface area contributed by atoms with Crippen LogP contribution < -0.4 is 5.73 Å². The van der Waals surface area contributed by atoms with Gasteiger partial charge in [-0.25, -0.2) is 0 Å². The van der Waals surface area contributed by atoms with Crippen LogP contribution in [0.25, 0.3) is 0 Å². The lowest BCUT2D eigenvalue weighted by Crippen LogP contribution is -2.27. The second kappa shape index (κ2) is 10.6. The summed E-state index contributed by atoms with van der Waals surface area (Å²) in [4.78, 5) is 11.9. The van der Waals surface area contributed by atoms with Gasteiger partial charge in [0, 0.05) is 6.04 Å². The van der Waals surface area contributed by atoms with Crippen molar-refractivity contribution >= 4 is 5.97 Å². The van der Waals surface area contributed by atoms with Gasteiger partial charge in [0.1, 0.15) is 6.61 Å². The van der Waals surface area contributed by atoms with Crippen LogP contribution in [0.2, 0.25) is 0 Å². The van der Waals surface area contributed by atoms with Crippen LogP contribution in [-0.2, 0) is 9.53 Å². The summed E-state index contributed by atoms with van der Waals surface area (Å²) in [6.45, 7) is 6.52. The topological polar surface area (TPSA) is 52.3 Å². The van der Waals surface area contributed by atoms with Gasteiger partial charge in [-0.1, -0.05) is 46.0 Å². The molecule has 0 fully saturated rings. The molecule has 0 aromatic rings. The number of ether oxygens (including phenoxy) is 1. The Hall–Kier alpha value is -0.570. The van der Waals surface area contributed by atoms with Crippen molar-refractivity contribution in [2.24, 2.45) is 11.7 Å². The molecule has 0 saturated carbocycles. The molecule has 0 bridgehead atoms. The number of carbonyl (C=O) groups is 1. The Bertz CT molecular complexity index is 193. The van der Waals surface area contributed by atoms with Gasteiger partial charge in [-0.2, -0.15) is 0 Å². The third kappa shape index (κ3) is 9.16. The molecule has 0 amide bonds. The van der Waals surface area contributed by atoms with E-state index in [-0.39, 0.29) is 17.9 Å². The van der Waals surface area contributed by atoms with E-state index in [1.807, 2.05) is 6.92 Å². The first-order valence-electron chi connectivity index (χ1n) is 7.04. The van der Waals surface area contributed by atoms with Crippen molar-refractivity contribution in [2.75, 3.05) is 6.61 Å². The first kappa shape index (κ1) is 16.4. The highest BCUT2D eigenvalue weighted by Gasteiger charge is 2.19. The average Bonchev–Trinajstić information content (AvgIpc) is 2.30. The Balaban J connectivity index is 4.00. The summed E-state index contributed by atoms with van der Waals surface area (Å²) >= 11 is 0. The van der Waals surface area contributed by atoms with E-state index in [4.69, 9.17) is 10.5 Å². The molecule has 2 N–H and O–H groups in total. The third-order valence-corrected chi connectivity index (χ3v) is 2.88. The number of hydrogen-bond donors (Lipinski definition) is 1. The van der Waals surface area contributed by atoms with E-state index in [1.165, 1.54) is 12.8 Å². The quantitative estimate of drug-likeness (QED) is 0.473. The van der Waals surface area contributed by atoms with Crippen LogP contribution in [-0.4, -0.2) is 18.6 Å². The minimum Gasteiger partial charge on any atom is -0.464 e. The maximum atomic E-state index is 11.9. The lowest BCUT2D eigenvalue weighted by atomic mass is 9.95. The standard InChI is InChI=1S/C14H29NO2/c1-4-6-8-10-13(9-7-5-2)14(16)17-11-12(3)15/h12-13H,4-11,15H2,1-3H3. The predicted octanol–water partition coefficient (Wildman–Crippen LogP) is 3.26. The van der Waals surface area contributed by atoms with Gasteiger partial charge in [0.15, 0.2) is 0 Å². The van der Waals surface area contributed by atoms with Crippen molar-refractivity contribution in [3.8, 4) is 0 Å². The Morgan fingerprint density at radius 3 is 2.24 bits per heavy atom. The summed E-state index contributed by atoms with van der Waals surface area (Å²) in [7, 11) is 0. The fraction of sp³-hybridized carbons (Fsp3) is 0.929. The number of carbonyl (C=O) groups excluding carboxylic acids is 1. The summed E-state index contributed by atoms with van der Waals surface area (Å²) in [5.41, 5.74) is 5.59. The van der Waals surface area contributed by atoms with Crippen LogP contribution in [0.15, 0.2) is 0 Å². The van der Waals surface area contributed by atoms with E-state index in [0.717, 1.165) is 32.1 Å². The van der Waals surface area contributed by atoms with Gasteiger partial charge in [0.2, 0.25) is 0 Å². The number of esters is 1. The van der Waals surface area contributed by atoms with Gasteiger partial charge >= 0.3 is 5.97 Å². The van der Waals surface area contributed by atoms with Crippen molar-refractivity contribution in [3.05, 3.63) is 0 Å². The number of unbranched alkanes of at least 4 members (excludes halogenated alkanes) is 3. The van der Waals surface area contributed by atoms with Gasteiger partial charge in [-0.15, -0.1) is 0 Å². The SMILES string of the molecule is CCCCCC(CCCC)C(=O)OCC(C)N. The summed E-state index contributed by atoms with van der Waals surface area (Å²) < 4.78 is 5.23. The Morgan fingerprint density at radius 1 is 1.12 bits per heavy atom. The molecule has 0 rings (SSSR count). The van der Waals surface area contributed by atoms with Crippen LogP contribution >= 0.6 is 0 Å². The van der Waals surface area contributed by atoms with Crippen molar-refractivity contribution in [1.29, 1.82) is 0 Å². The molecule has 0 aliphatic carbocycles. The van der Waals surface area contributed by atoms with Crippen molar-refractivity contribution in [1.82, 2.24) is 0 Å². The highest BCUT2D eigenvalue weighted by molar-refractivity contribution is 5.72. The van der Waals surface area contributed by atoms with Gasteiger partial charge < -0.3 is 10.5 Å². The minimum absolute atomic E-state index is 0.0492. The van der Waals surface area contributed by atoms with E-state index in [9.17, 15) is 4.79 Å². The van der Waals surface area contributed by atoms with E-state index in [2.05, 4.69) is 13.8 Å². The van der Waals surface area contributed by atoms with Crippen molar-refractivity contribution in [3.63, 3.8) is 0 Å². The second-order valence-corrected chi connectivity index (χ2v) is 4.94. The largest absolute Gasteiger partial charge is 0.464 e. The molecule has 2 unspecified atom stereocenters. The fourth-order valence-electron chi connectivity index (χ4n) is 1.80.